The number of fused-ring (bicyclic) bond motifs is 1. The summed E-state index contributed by atoms with van der Waals surface area (Å²) in [6.07, 6.45) is 1.08. The standard InChI is InChI=1S/C8H17N3.C6H5N3O.ClH.H2O/c1-4-9-8-10-6-5-7-11(2)3;10-9-6-4-2-1-3-5(6)7-8-9;;/h4-7H2,1-3H3;1-4,10H;1H;1H2. The van der Waals surface area contributed by atoms with Crippen LogP contribution in [0.3, 0.4) is 0 Å². The summed E-state index contributed by atoms with van der Waals surface area (Å²) in [5, 5.41) is 16.1. The van der Waals surface area contributed by atoms with Crippen LogP contribution in [0.1, 0.15) is 13.3 Å². The molecule has 23 heavy (non-hydrogen) atoms. The molecule has 0 aliphatic carbocycles. The predicted molar refractivity (Wildman–Crippen MR) is 94.0 cm³/mol. The smallest absolute Gasteiger partial charge is 0.130 e. The first-order valence-corrected chi connectivity index (χ1v) is 6.87. The van der Waals surface area contributed by atoms with Crippen LogP contribution in [0.5, 0.6) is 0 Å². The number of hydrogen-bond donors (Lipinski definition) is 1. The van der Waals surface area contributed by atoms with Crippen molar-refractivity contribution in [2.75, 3.05) is 33.7 Å². The van der Waals surface area contributed by atoms with Crippen molar-refractivity contribution in [1.82, 2.24) is 20.1 Å². The summed E-state index contributed by atoms with van der Waals surface area (Å²) in [4.78, 5) is 10.8. The topological polar surface area (TPSA) is 110 Å². The van der Waals surface area contributed by atoms with E-state index in [4.69, 9.17) is 5.21 Å². The van der Waals surface area contributed by atoms with Gasteiger partial charge in [0.05, 0.1) is 12.6 Å². The van der Waals surface area contributed by atoms with Crippen LogP contribution in [0.25, 0.3) is 11.0 Å². The van der Waals surface area contributed by atoms with Crippen LogP contribution in [0, 0.1) is 0 Å². The molecule has 1 aromatic carbocycles. The molecule has 130 valence electrons. The van der Waals surface area contributed by atoms with Crippen molar-refractivity contribution in [1.29, 1.82) is 0 Å². The van der Waals surface area contributed by atoms with Crippen LogP contribution in [0.15, 0.2) is 34.3 Å². The van der Waals surface area contributed by atoms with E-state index in [9.17, 15) is 0 Å². The Morgan fingerprint density at radius 3 is 2.57 bits per heavy atom. The molecule has 0 fully saturated rings. The molecule has 9 heteroatoms. The molecular weight excluding hydrogens is 320 g/mol. The second-order valence-corrected chi connectivity index (χ2v) is 4.58. The number of para-hydroxylation sites is 1. The lowest BCUT2D eigenvalue weighted by Gasteiger charge is -2.05. The van der Waals surface area contributed by atoms with Gasteiger partial charge in [0.15, 0.2) is 0 Å². The molecule has 0 bridgehead atoms. The lowest BCUT2D eigenvalue weighted by Crippen LogP contribution is -2.13. The van der Waals surface area contributed by atoms with Gasteiger partial charge in [0, 0.05) is 6.54 Å². The first-order chi connectivity index (χ1) is 10.1. The molecule has 0 unspecified atom stereocenters. The summed E-state index contributed by atoms with van der Waals surface area (Å²) in [6.45, 7) is 4.67. The van der Waals surface area contributed by atoms with Gasteiger partial charge < -0.3 is 15.6 Å². The molecule has 1 heterocycles. The molecule has 0 aliphatic rings. The van der Waals surface area contributed by atoms with E-state index in [1.165, 1.54) is 0 Å². The summed E-state index contributed by atoms with van der Waals surface area (Å²) in [6, 6.07) is 9.83. The zero-order valence-electron chi connectivity index (χ0n) is 13.7. The number of rotatable bonds is 5. The third kappa shape index (κ3) is 9.59. The van der Waals surface area contributed by atoms with Crippen molar-refractivity contribution in [2.45, 2.75) is 13.3 Å². The summed E-state index contributed by atoms with van der Waals surface area (Å²) < 4.78 is 0. The zero-order chi connectivity index (χ0) is 15.5. The molecule has 0 atom stereocenters. The monoisotopic (exact) mass is 344 g/mol. The van der Waals surface area contributed by atoms with Crippen LogP contribution < -0.4 is 0 Å². The van der Waals surface area contributed by atoms with Gasteiger partial charge in [-0.25, -0.2) is 9.98 Å². The van der Waals surface area contributed by atoms with E-state index in [1.54, 1.807) is 12.1 Å². The van der Waals surface area contributed by atoms with Crippen molar-refractivity contribution in [3.8, 4) is 0 Å². The van der Waals surface area contributed by atoms with Crippen LogP contribution in [-0.4, -0.2) is 70.5 Å². The second kappa shape index (κ2) is 13.7. The predicted octanol–water partition coefficient (Wildman–Crippen LogP) is 1.40. The van der Waals surface area contributed by atoms with Crippen LogP contribution in [-0.2, 0) is 0 Å². The lowest BCUT2D eigenvalue weighted by atomic mass is 10.3. The molecule has 0 spiro atoms. The third-order valence-corrected chi connectivity index (χ3v) is 2.51. The van der Waals surface area contributed by atoms with E-state index in [0.29, 0.717) is 11.0 Å². The van der Waals surface area contributed by atoms with Gasteiger partial charge in [-0.1, -0.05) is 17.0 Å². The fourth-order valence-corrected chi connectivity index (χ4v) is 1.49. The lowest BCUT2D eigenvalue weighted by molar-refractivity contribution is 0.155. The Morgan fingerprint density at radius 1 is 1.26 bits per heavy atom. The Kier molecular flexibility index (Phi) is 13.8. The van der Waals surface area contributed by atoms with Crippen molar-refractivity contribution in [3.05, 3.63) is 24.3 Å². The molecular formula is C14H25ClN6O2. The fourth-order valence-electron chi connectivity index (χ4n) is 1.49. The van der Waals surface area contributed by atoms with Crippen molar-refractivity contribution in [2.24, 2.45) is 9.98 Å². The number of hydrogen-bond acceptors (Lipinski definition) is 6. The summed E-state index contributed by atoms with van der Waals surface area (Å²) >= 11 is 0. The van der Waals surface area contributed by atoms with Gasteiger partial charge in [-0.05, 0) is 51.3 Å². The van der Waals surface area contributed by atoms with Gasteiger partial charge in [-0.3, -0.25) is 0 Å². The van der Waals surface area contributed by atoms with E-state index in [2.05, 4.69) is 45.3 Å². The van der Waals surface area contributed by atoms with Crippen LogP contribution in [0.4, 0.5) is 0 Å². The van der Waals surface area contributed by atoms with Gasteiger partial charge in [0.1, 0.15) is 11.0 Å². The molecule has 0 radical (unpaired) electrons. The molecule has 1 aromatic heterocycles. The third-order valence-electron chi connectivity index (χ3n) is 2.51. The summed E-state index contributed by atoms with van der Waals surface area (Å²) in [5.74, 6) is 0. The van der Waals surface area contributed by atoms with Crippen molar-refractivity contribution < 1.29 is 10.7 Å². The number of benzene rings is 1. The van der Waals surface area contributed by atoms with Crippen molar-refractivity contribution in [3.63, 3.8) is 0 Å². The highest BCUT2D eigenvalue weighted by Gasteiger charge is 1.98. The van der Waals surface area contributed by atoms with Crippen molar-refractivity contribution >= 4 is 29.4 Å². The Labute approximate surface area is 142 Å². The highest BCUT2D eigenvalue weighted by molar-refractivity contribution is 5.85. The number of halogens is 1. The Balaban J connectivity index is 0. The molecule has 0 aliphatic heterocycles. The van der Waals surface area contributed by atoms with E-state index in [1.807, 2.05) is 19.1 Å². The first kappa shape index (κ1) is 23.3. The maximum Gasteiger partial charge on any atom is 0.130 e. The minimum absolute atomic E-state index is 0. The number of nitrogens with zero attached hydrogens (tertiary/aromatic N) is 6. The van der Waals surface area contributed by atoms with E-state index in [0.717, 1.165) is 30.9 Å². The highest BCUT2D eigenvalue weighted by Crippen LogP contribution is 2.06. The number of aromatic nitrogens is 3. The second-order valence-electron chi connectivity index (χ2n) is 4.58. The SMILES string of the molecule is CCN=C=NCCCN(C)C.Cl.O.On1nnc2ccccc21. The minimum Gasteiger partial charge on any atom is -0.412 e. The minimum atomic E-state index is 0. The molecule has 0 saturated heterocycles. The highest BCUT2D eigenvalue weighted by atomic mass is 35.5. The van der Waals surface area contributed by atoms with Gasteiger partial charge in [0.2, 0.25) is 0 Å². The quantitative estimate of drug-likeness (QED) is 0.502. The van der Waals surface area contributed by atoms with E-state index < -0.39 is 0 Å². The van der Waals surface area contributed by atoms with Crippen LogP contribution in [0.2, 0.25) is 0 Å². The van der Waals surface area contributed by atoms with Crippen LogP contribution >= 0.6 is 12.4 Å². The molecule has 3 N–H and O–H groups in total. The van der Waals surface area contributed by atoms with E-state index in [-0.39, 0.29) is 17.9 Å². The van der Waals surface area contributed by atoms with Gasteiger partial charge >= 0.3 is 0 Å². The normalized spacial score (nSPS) is 9.04. The molecule has 0 saturated carbocycles. The molecule has 8 nitrogen and oxygen atoms in total. The Bertz CT molecular complexity index is 596. The fraction of sp³-hybridized carbons (Fsp3) is 0.500. The van der Waals surface area contributed by atoms with E-state index >= 15 is 0 Å². The van der Waals surface area contributed by atoms with Gasteiger partial charge in [-0.15, -0.1) is 17.5 Å². The average molecular weight is 345 g/mol. The molecule has 2 aromatic rings. The largest absolute Gasteiger partial charge is 0.412 e. The average Bonchev–Trinajstić information content (AvgIpc) is 2.85. The van der Waals surface area contributed by atoms with Gasteiger partial charge in [0.25, 0.3) is 0 Å². The number of aliphatic imine (C=N–C) groups is 2. The Morgan fingerprint density at radius 2 is 1.96 bits per heavy atom. The molecule has 2 rings (SSSR count). The summed E-state index contributed by atoms with van der Waals surface area (Å²) in [5.41, 5.74) is 1.33. The summed E-state index contributed by atoms with van der Waals surface area (Å²) in [7, 11) is 4.12. The molecule has 0 amide bonds. The van der Waals surface area contributed by atoms with Gasteiger partial charge in [-0.2, -0.15) is 0 Å². The maximum atomic E-state index is 8.95. The zero-order valence-corrected chi connectivity index (χ0v) is 14.5. The Hall–Kier alpha value is -1.99. The first-order valence-electron chi connectivity index (χ1n) is 6.87. The maximum absolute atomic E-state index is 8.95.